The van der Waals surface area contributed by atoms with Gasteiger partial charge in [-0.2, -0.15) is 0 Å². The van der Waals surface area contributed by atoms with Gasteiger partial charge in [0.25, 0.3) is 0 Å². The van der Waals surface area contributed by atoms with Crippen LogP contribution in [0.5, 0.6) is 0 Å². The van der Waals surface area contributed by atoms with Crippen LogP contribution in [0, 0.1) is 11.8 Å². The molecule has 0 fully saturated rings. The Kier molecular flexibility index (Phi) is 66.5. The number of rotatable bonds is 75. The summed E-state index contributed by atoms with van der Waals surface area (Å²) >= 11 is 0. The van der Waals surface area contributed by atoms with Gasteiger partial charge in [0, 0.05) is 25.7 Å². The van der Waals surface area contributed by atoms with Crippen LogP contribution in [0.1, 0.15) is 395 Å². The van der Waals surface area contributed by atoms with Crippen molar-refractivity contribution < 1.29 is 80.2 Å². The van der Waals surface area contributed by atoms with E-state index in [-0.39, 0.29) is 25.7 Å². The molecule has 0 radical (unpaired) electrons. The lowest BCUT2D eigenvalue weighted by Crippen LogP contribution is -2.30. The molecule has 95 heavy (non-hydrogen) atoms. The summed E-state index contributed by atoms with van der Waals surface area (Å²) in [6.07, 6.45) is 55.5. The van der Waals surface area contributed by atoms with Gasteiger partial charge >= 0.3 is 39.5 Å². The van der Waals surface area contributed by atoms with Gasteiger partial charge in [-0.1, -0.05) is 343 Å². The van der Waals surface area contributed by atoms with Gasteiger partial charge in [-0.15, -0.1) is 0 Å². The van der Waals surface area contributed by atoms with Gasteiger partial charge in [-0.05, 0) is 37.5 Å². The van der Waals surface area contributed by atoms with Crippen LogP contribution in [0.2, 0.25) is 0 Å². The number of carbonyl (C=O) groups is 4. The summed E-state index contributed by atoms with van der Waals surface area (Å²) in [6.45, 7) is 9.61. The zero-order valence-electron chi connectivity index (χ0n) is 62.0. The molecule has 0 aromatic heterocycles. The third kappa shape index (κ3) is 70.3. The number of hydrogen-bond acceptors (Lipinski definition) is 15. The molecule has 0 rings (SSSR count). The van der Waals surface area contributed by atoms with E-state index in [0.717, 1.165) is 102 Å². The highest BCUT2D eigenvalue weighted by Crippen LogP contribution is 2.45. The topological polar surface area (TPSA) is 237 Å². The van der Waals surface area contributed by atoms with Crippen LogP contribution in [0.3, 0.4) is 0 Å². The summed E-state index contributed by atoms with van der Waals surface area (Å²) in [5.74, 6) is -0.551. The molecule has 0 saturated heterocycles. The van der Waals surface area contributed by atoms with Crippen molar-refractivity contribution in [2.75, 3.05) is 39.6 Å². The molecule has 0 aromatic carbocycles. The first-order valence-corrected chi connectivity index (χ1v) is 42.5. The van der Waals surface area contributed by atoms with Gasteiger partial charge in [0.05, 0.1) is 26.4 Å². The van der Waals surface area contributed by atoms with Gasteiger partial charge in [-0.3, -0.25) is 37.3 Å². The second-order valence-corrected chi connectivity index (χ2v) is 31.3. The van der Waals surface area contributed by atoms with Crippen LogP contribution in [0.4, 0.5) is 0 Å². The quantitative estimate of drug-likeness (QED) is 0.0222. The fourth-order valence-corrected chi connectivity index (χ4v) is 13.2. The first-order chi connectivity index (χ1) is 45.9. The summed E-state index contributed by atoms with van der Waals surface area (Å²) in [6, 6.07) is 0. The fraction of sp³-hybridized carbons (Fsp3) is 0.947. The van der Waals surface area contributed by atoms with Crippen molar-refractivity contribution in [3.8, 4) is 0 Å². The molecule has 0 saturated carbocycles. The van der Waals surface area contributed by atoms with E-state index in [0.29, 0.717) is 25.7 Å². The van der Waals surface area contributed by atoms with Crippen LogP contribution in [0.15, 0.2) is 0 Å². The van der Waals surface area contributed by atoms with Gasteiger partial charge in [0.2, 0.25) is 0 Å². The predicted octanol–water partition coefficient (Wildman–Crippen LogP) is 22.3. The molecule has 0 amide bonds. The molecule has 564 valence electrons. The van der Waals surface area contributed by atoms with Gasteiger partial charge in [0.1, 0.15) is 19.3 Å². The number of ether oxygens (including phenoxy) is 4. The van der Waals surface area contributed by atoms with E-state index in [1.807, 2.05) is 0 Å². The molecule has 0 heterocycles. The molecular weight excluding hydrogens is 1250 g/mol. The summed E-state index contributed by atoms with van der Waals surface area (Å²) in [7, 11) is -9.91. The lowest BCUT2D eigenvalue weighted by Gasteiger charge is -2.21. The second kappa shape index (κ2) is 67.9. The predicted molar refractivity (Wildman–Crippen MR) is 386 cm³/mol. The van der Waals surface area contributed by atoms with Gasteiger partial charge in [0.15, 0.2) is 12.2 Å². The third-order valence-electron chi connectivity index (χ3n) is 17.7. The molecule has 0 aliphatic carbocycles. The molecule has 0 bridgehead atoms. The smallest absolute Gasteiger partial charge is 0.462 e. The van der Waals surface area contributed by atoms with Gasteiger partial charge < -0.3 is 33.8 Å². The van der Waals surface area contributed by atoms with Crippen LogP contribution < -0.4 is 0 Å². The van der Waals surface area contributed by atoms with Crippen molar-refractivity contribution in [3.05, 3.63) is 0 Å². The number of hydrogen-bond donors (Lipinski definition) is 3. The number of carbonyl (C=O) groups excluding carboxylic acids is 4. The third-order valence-corrected chi connectivity index (χ3v) is 19.6. The average Bonchev–Trinajstić information content (AvgIpc) is 1.90. The maximum Gasteiger partial charge on any atom is 0.472 e. The highest BCUT2D eigenvalue weighted by molar-refractivity contribution is 7.47. The van der Waals surface area contributed by atoms with Crippen molar-refractivity contribution in [3.63, 3.8) is 0 Å². The molecule has 0 aromatic rings. The van der Waals surface area contributed by atoms with E-state index in [1.54, 1.807) is 0 Å². The standard InChI is InChI=1S/C76H148O17P2/c1-7-9-11-13-15-17-27-34-40-46-52-58-73(78)86-64-71(92-75(80)60-54-48-42-35-28-18-16-14-12-10-8-2)66-90-94(82,83)88-62-70(77)63-89-95(84,85)91-67-72(65-87-74(79)59-53-47-41-37-31-33-39-45-51-57-69(5)6)93-76(81)61-55-49-43-36-30-26-24-22-20-19-21-23-25-29-32-38-44-50-56-68(3)4/h68-72,77H,7-67H2,1-6H3,(H,82,83)(H,84,85)/t70-,71+,72+/m0/s1. The molecule has 5 atom stereocenters. The van der Waals surface area contributed by atoms with Crippen LogP contribution in [-0.2, 0) is 65.4 Å². The minimum Gasteiger partial charge on any atom is -0.462 e. The van der Waals surface area contributed by atoms with Crippen LogP contribution >= 0.6 is 15.6 Å². The Morgan fingerprint density at radius 1 is 0.284 bits per heavy atom. The summed E-state index contributed by atoms with van der Waals surface area (Å²) in [4.78, 5) is 72.7. The summed E-state index contributed by atoms with van der Waals surface area (Å²) < 4.78 is 68.5. The number of esters is 4. The first kappa shape index (κ1) is 93.1. The Labute approximate surface area is 581 Å². The van der Waals surface area contributed by atoms with E-state index in [4.69, 9.17) is 37.0 Å². The van der Waals surface area contributed by atoms with Crippen molar-refractivity contribution >= 4 is 39.5 Å². The maximum atomic E-state index is 13.1. The molecule has 2 unspecified atom stereocenters. The van der Waals surface area contributed by atoms with Crippen molar-refractivity contribution in [2.45, 2.75) is 413 Å². The molecule has 0 aliphatic heterocycles. The molecule has 0 spiro atoms. The fourth-order valence-electron chi connectivity index (χ4n) is 11.7. The number of phosphoric acid groups is 2. The Hall–Kier alpha value is -1.94. The summed E-state index contributed by atoms with van der Waals surface area (Å²) in [5.41, 5.74) is 0. The molecule has 3 N–H and O–H groups in total. The monoisotopic (exact) mass is 1400 g/mol. The van der Waals surface area contributed by atoms with Crippen LogP contribution in [0.25, 0.3) is 0 Å². The lowest BCUT2D eigenvalue weighted by atomic mass is 10.0. The highest BCUT2D eigenvalue weighted by atomic mass is 31.2. The zero-order valence-corrected chi connectivity index (χ0v) is 63.8. The average molecular weight is 1400 g/mol. The maximum absolute atomic E-state index is 13.1. The lowest BCUT2D eigenvalue weighted by molar-refractivity contribution is -0.161. The molecule has 19 heteroatoms. The Bertz CT molecular complexity index is 1840. The minimum absolute atomic E-state index is 0.107. The Balaban J connectivity index is 5.19. The molecule has 17 nitrogen and oxygen atoms in total. The zero-order chi connectivity index (χ0) is 70.0. The van der Waals surface area contributed by atoms with Crippen LogP contribution in [-0.4, -0.2) is 96.7 Å². The molecule has 0 aliphatic rings. The Morgan fingerprint density at radius 3 is 0.716 bits per heavy atom. The largest absolute Gasteiger partial charge is 0.472 e. The second-order valence-electron chi connectivity index (χ2n) is 28.3. The van der Waals surface area contributed by atoms with Gasteiger partial charge in [-0.25, -0.2) is 9.13 Å². The van der Waals surface area contributed by atoms with E-state index in [2.05, 4.69) is 41.5 Å². The van der Waals surface area contributed by atoms with E-state index < -0.39 is 97.5 Å². The minimum atomic E-state index is -4.96. The number of aliphatic hydroxyl groups excluding tert-OH is 1. The number of aliphatic hydroxyl groups is 1. The number of unbranched alkanes of at least 4 members (excludes halogenated alkanes) is 45. The van der Waals surface area contributed by atoms with Crippen molar-refractivity contribution in [2.24, 2.45) is 11.8 Å². The summed E-state index contributed by atoms with van der Waals surface area (Å²) in [5, 5.41) is 10.6. The van der Waals surface area contributed by atoms with Crippen molar-refractivity contribution in [1.82, 2.24) is 0 Å². The van der Waals surface area contributed by atoms with E-state index >= 15 is 0 Å². The SMILES string of the molecule is CCCCCCCCCCCCCC(=O)OC[C@H](COP(=O)(O)OC[C@H](O)COP(=O)(O)OC[C@@H](COC(=O)CCCCCCCCCCCC(C)C)OC(=O)CCCCCCCCCCCCCCCCCCCCC(C)C)OC(=O)CCCCCCCCCCCCC. The highest BCUT2D eigenvalue weighted by Gasteiger charge is 2.30. The molecular formula is C76H148O17P2. The normalized spacial score (nSPS) is 14.0. The first-order valence-electron chi connectivity index (χ1n) is 39.5. The van der Waals surface area contributed by atoms with E-state index in [1.165, 1.54) is 212 Å². The van der Waals surface area contributed by atoms with Crippen molar-refractivity contribution in [1.29, 1.82) is 0 Å². The Morgan fingerprint density at radius 2 is 0.484 bits per heavy atom. The number of phosphoric ester groups is 2. The van der Waals surface area contributed by atoms with E-state index in [9.17, 15) is 43.2 Å².